The average Bonchev–Trinajstić information content (AvgIpc) is 3.97. The van der Waals surface area contributed by atoms with Gasteiger partial charge >= 0.3 is 0 Å². The summed E-state index contributed by atoms with van der Waals surface area (Å²) in [5, 5.41) is 7.33. The minimum atomic E-state index is 0.858. The van der Waals surface area contributed by atoms with Crippen LogP contribution in [-0.2, 0) is 0 Å². The number of nitrogens with zero attached hydrogens (tertiary/aromatic N) is 5. The summed E-state index contributed by atoms with van der Waals surface area (Å²) in [4.78, 5) is 5.36. The number of benzene rings is 8. The molecule has 12 rings (SSSR count). The van der Waals surface area contributed by atoms with Crippen molar-refractivity contribution in [3.8, 4) is 23.0 Å². The summed E-state index contributed by atoms with van der Waals surface area (Å²) >= 11 is 0. The van der Waals surface area contributed by atoms with E-state index in [4.69, 9.17) is 4.98 Å². The molecule has 8 aromatic carbocycles. The van der Waals surface area contributed by atoms with E-state index in [0.29, 0.717) is 0 Å². The molecule has 0 bridgehead atoms. The van der Waals surface area contributed by atoms with Gasteiger partial charge in [0.15, 0.2) is 0 Å². The maximum absolute atomic E-state index is 5.36. The third kappa shape index (κ3) is 4.01. The number of imidazole rings is 1. The van der Waals surface area contributed by atoms with Crippen LogP contribution in [0, 0.1) is 0 Å². The van der Waals surface area contributed by atoms with E-state index in [9.17, 15) is 0 Å². The van der Waals surface area contributed by atoms with Crippen molar-refractivity contribution in [1.82, 2.24) is 23.3 Å². The molecule has 54 heavy (non-hydrogen) atoms. The van der Waals surface area contributed by atoms with Crippen LogP contribution < -0.4 is 0 Å². The molecule has 0 saturated carbocycles. The average molecular weight is 690 g/mol. The lowest BCUT2D eigenvalue weighted by molar-refractivity contribution is 0.955. The fourth-order valence-corrected chi connectivity index (χ4v) is 8.89. The maximum Gasteiger partial charge on any atom is 0.220 e. The highest BCUT2D eigenvalue weighted by atomic mass is 15.2. The largest absolute Gasteiger partial charge is 0.309 e. The third-order valence-electron chi connectivity index (χ3n) is 11.2. The van der Waals surface area contributed by atoms with Crippen LogP contribution in [0.2, 0.25) is 0 Å². The van der Waals surface area contributed by atoms with Gasteiger partial charge in [0.1, 0.15) is 0 Å². The van der Waals surface area contributed by atoms with E-state index in [1.165, 1.54) is 54.4 Å². The van der Waals surface area contributed by atoms with Crippen molar-refractivity contribution < 1.29 is 0 Å². The van der Waals surface area contributed by atoms with E-state index in [1.54, 1.807) is 0 Å². The van der Waals surface area contributed by atoms with Gasteiger partial charge in [-0.1, -0.05) is 103 Å². The van der Waals surface area contributed by atoms with Gasteiger partial charge in [-0.05, 0) is 84.9 Å². The highest BCUT2D eigenvalue weighted by molar-refractivity contribution is 6.14. The predicted octanol–water partition coefficient (Wildman–Crippen LogP) is 12.3. The summed E-state index contributed by atoms with van der Waals surface area (Å²) in [7, 11) is 0. The minimum Gasteiger partial charge on any atom is -0.309 e. The summed E-state index contributed by atoms with van der Waals surface area (Å²) < 4.78 is 9.45. The topological polar surface area (TPSA) is 32.6 Å². The van der Waals surface area contributed by atoms with E-state index in [1.807, 2.05) is 0 Å². The number of hydrogen-bond acceptors (Lipinski definition) is 1. The lowest BCUT2D eigenvalue weighted by atomic mass is 10.1. The van der Waals surface area contributed by atoms with Crippen LogP contribution >= 0.6 is 0 Å². The Kier molecular flexibility index (Phi) is 5.99. The number of para-hydroxylation sites is 7. The molecule has 0 spiro atoms. The normalized spacial score (nSPS) is 12.1. The zero-order valence-electron chi connectivity index (χ0n) is 29.1. The van der Waals surface area contributed by atoms with Gasteiger partial charge in [0, 0.05) is 49.4 Å². The van der Waals surface area contributed by atoms with Crippen LogP contribution in [0.4, 0.5) is 0 Å². The van der Waals surface area contributed by atoms with Gasteiger partial charge in [-0.3, -0.25) is 9.13 Å². The number of hydrogen-bond donors (Lipinski definition) is 0. The molecule has 0 atom stereocenters. The highest BCUT2D eigenvalue weighted by Gasteiger charge is 2.22. The van der Waals surface area contributed by atoms with Gasteiger partial charge in [-0.15, -0.1) is 0 Å². The lowest BCUT2D eigenvalue weighted by Gasteiger charge is -2.13. The molecule has 5 nitrogen and oxygen atoms in total. The smallest absolute Gasteiger partial charge is 0.220 e. The van der Waals surface area contributed by atoms with Crippen molar-refractivity contribution in [3.63, 3.8) is 0 Å². The molecular weight excluding hydrogens is 659 g/mol. The number of aromatic nitrogens is 5. The maximum atomic E-state index is 5.36. The van der Waals surface area contributed by atoms with Crippen molar-refractivity contribution in [1.29, 1.82) is 0 Å². The molecule has 0 amide bonds. The summed E-state index contributed by atoms with van der Waals surface area (Å²) in [5.41, 5.74) is 12.3. The number of fused-ring (bicyclic) bond motifs is 10. The molecule has 0 saturated heterocycles. The van der Waals surface area contributed by atoms with E-state index in [0.717, 1.165) is 45.1 Å². The first-order valence-electron chi connectivity index (χ1n) is 18.4. The second-order valence-corrected chi connectivity index (χ2v) is 14.0. The zero-order valence-corrected chi connectivity index (χ0v) is 29.1. The highest BCUT2D eigenvalue weighted by Crippen LogP contribution is 2.40. The van der Waals surface area contributed by atoms with Crippen LogP contribution in [0.1, 0.15) is 0 Å². The summed E-state index contributed by atoms with van der Waals surface area (Å²) in [6, 6.07) is 67.7. The van der Waals surface area contributed by atoms with Gasteiger partial charge in [0.25, 0.3) is 0 Å². The van der Waals surface area contributed by atoms with Gasteiger partial charge in [0.05, 0.1) is 44.1 Å². The lowest BCUT2D eigenvalue weighted by Crippen LogP contribution is -2.05. The first kappa shape index (κ1) is 29.2. The Morgan fingerprint density at radius 2 is 0.648 bits per heavy atom. The van der Waals surface area contributed by atoms with Gasteiger partial charge in [-0.2, -0.15) is 0 Å². The molecule has 0 N–H and O–H groups in total. The van der Waals surface area contributed by atoms with Crippen molar-refractivity contribution in [2.75, 3.05) is 0 Å². The van der Waals surface area contributed by atoms with E-state index < -0.39 is 0 Å². The van der Waals surface area contributed by atoms with E-state index in [2.05, 4.69) is 206 Å². The van der Waals surface area contributed by atoms with Crippen LogP contribution in [-0.4, -0.2) is 23.3 Å². The Hall–Kier alpha value is -7.37. The number of rotatable bonds is 4. The second kappa shape index (κ2) is 11.1. The molecule has 0 aliphatic heterocycles. The fraction of sp³-hybridized carbons (Fsp3) is 0. The molecular formula is C49H31N5. The first-order valence-corrected chi connectivity index (χ1v) is 18.4. The molecule has 4 aromatic heterocycles. The van der Waals surface area contributed by atoms with Crippen LogP contribution in [0.25, 0.3) is 99.5 Å². The molecule has 0 aliphatic carbocycles. The molecule has 0 radical (unpaired) electrons. The van der Waals surface area contributed by atoms with Crippen molar-refractivity contribution >= 4 is 76.5 Å². The van der Waals surface area contributed by atoms with Crippen molar-refractivity contribution in [2.45, 2.75) is 0 Å². The summed E-state index contributed by atoms with van der Waals surface area (Å²) in [5.74, 6) is 0.858. The van der Waals surface area contributed by atoms with Gasteiger partial charge < -0.3 is 9.13 Å². The van der Waals surface area contributed by atoms with Gasteiger partial charge in [0.2, 0.25) is 5.95 Å². The zero-order chi connectivity index (χ0) is 35.3. The molecule has 252 valence electrons. The Balaban J connectivity index is 1.21. The third-order valence-corrected chi connectivity index (χ3v) is 11.2. The minimum absolute atomic E-state index is 0.858. The molecule has 0 unspecified atom stereocenters. The Bertz CT molecular complexity index is 3170. The van der Waals surface area contributed by atoms with Crippen molar-refractivity contribution in [2.24, 2.45) is 0 Å². The first-order chi connectivity index (χ1) is 26.8. The predicted molar refractivity (Wildman–Crippen MR) is 224 cm³/mol. The summed E-state index contributed by atoms with van der Waals surface area (Å²) in [6.45, 7) is 0. The molecule has 0 fully saturated rings. The molecule has 4 heterocycles. The molecule has 5 heteroatoms. The van der Waals surface area contributed by atoms with Crippen LogP contribution in [0.3, 0.4) is 0 Å². The Morgan fingerprint density at radius 1 is 0.259 bits per heavy atom. The van der Waals surface area contributed by atoms with E-state index >= 15 is 0 Å². The Morgan fingerprint density at radius 3 is 1.13 bits per heavy atom. The fourth-order valence-electron chi connectivity index (χ4n) is 8.89. The molecule has 12 aromatic rings. The second-order valence-electron chi connectivity index (χ2n) is 14.0. The van der Waals surface area contributed by atoms with E-state index in [-0.39, 0.29) is 0 Å². The summed E-state index contributed by atoms with van der Waals surface area (Å²) in [6.07, 6.45) is 0. The van der Waals surface area contributed by atoms with Crippen molar-refractivity contribution in [3.05, 3.63) is 188 Å². The van der Waals surface area contributed by atoms with Gasteiger partial charge in [-0.25, -0.2) is 4.98 Å². The quantitative estimate of drug-likeness (QED) is 0.181. The molecule has 0 aliphatic rings. The standard InChI is InChI=1S/C49H31N5/c1-2-14-32(15-3-1)53-48-25-13-8-20-41(48)50-49(53)54-46-28-26-33(51-42-21-9-4-16-35(42)36-17-5-10-22-43(36)51)30-39(46)40-31-34(27-29-47(40)54)52-44-23-11-6-18-37(44)38-19-7-12-24-45(38)52/h1-31H. The SMILES string of the molecule is c1ccc(-n2c(-n3c4ccc(-n5c6ccccc6c6ccccc65)cc4c4cc(-n5c6ccccc6c6ccccc65)ccc43)nc3ccccc32)cc1. The van der Waals surface area contributed by atoms with Crippen LogP contribution in [0.5, 0.6) is 0 Å². The Labute approximate surface area is 309 Å². The monoisotopic (exact) mass is 689 g/mol. The van der Waals surface area contributed by atoms with Crippen LogP contribution in [0.15, 0.2) is 188 Å².